The van der Waals surface area contributed by atoms with Gasteiger partial charge in [-0.15, -0.1) is 0 Å². The molecule has 1 aliphatic rings. The molecule has 0 aromatic heterocycles. The summed E-state index contributed by atoms with van der Waals surface area (Å²) in [6.07, 6.45) is 22.2. The van der Waals surface area contributed by atoms with Gasteiger partial charge >= 0.3 is 57.9 Å². The summed E-state index contributed by atoms with van der Waals surface area (Å²) in [4.78, 5) is 45.1. The number of carboxylic acids is 3. The standard InChI is InChI=1S/C31H58O7S.C4H6O4.C2H6O2.Na/c1-4-6-8-10-12-14-16-18-20-22-24-30(28(32)33)26-27(3)31(30,29(34)38-39(35,36)37)25-23-21-19-17-15-13-11-9-7-5-2;5-3(6)1-2-4(7)8;3-1-2-4;/h27H,4-26H2,1-3H3,(H,32,33)(H,35,36,37);1-2H2,(H,5,6)(H,7,8);3-4H,1-2H2;/q;;;+1/p-1. The van der Waals surface area contributed by atoms with E-state index in [-0.39, 0.29) is 80.8 Å². The number of carboxylic acid groups (broad SMARTS) is 3. The normalized spacial score (nSPS) is 19.1. The minimum Gasteiger partial charge on any atom is -0.550 e. The maximum Gasteiger partial charge on any atom is 1.00 e. The van der Waals surface area contributed by atoms with E-state index in [2.05, 4.69) is 18.0 Å². The van der Waals surface area contributed by atoms with Crippen LogP contribution in [0.2, 0.25) is 0 Å². The van der Waals surface area contributed by atoms with Crippen LogP contribution < -0.4 is 34.7 Å². The van der Waals surface area contributed by atoms with Gasteiger partial charge in [-0.1, -0.05) is 149 Å². The Labute approximate surface area is 335 Å². The molecule has 13 nitrogen and oxygen atoms in total. The number of carbonyl (C=O) groups excluding carboxylic acids is 2. The van der Waals surface area contributed by atoms with E-state index >= 15 is 0 Å². The van der Waals surface area contributed by atoms with Gasteiger partial charge in [0.1, 0.15) is 0 Å². The van der Waals surface area contributed by atoms with E-state index in [4.69, 9.17) is 20.4 Å². The molecule has 3 unspecified atom stereocenters. The molecule has 1 aliphatic carbocycles. The Bertz CT molecular complexity index is 1040. The second-order valence-corrected chi connectivity index (χ2v) is 14.9. The molecule has 0 saturated heterocycles. The van der Waals surface area contributed by atoms with Crippen LogP contribution in [0.15, 0.2) is 0 Å². The Morgan fingerprint density at radius 1 is 0.654 bits per heavy atom. The van der Waals surface area contributed by atoms with Crippen LogP contribution in [-0.4, -0.2) is 70.5 Å². The maximum atomic E-state index is 13.2. The predicted molar refractivity (Wildman–Crippen MR) is 193 cm³/mol. The van der Waals surface area contributed by atoms with Crippen molar-refractivity contribution in [2.45, 2.75) is 181 Å². The molecule has 3 atom stereocenters. The van der Waals surface area contributed by atoms with Gasteiger partial charge in [0, 0.05) is 11.4 Å². The van der Waals surface area contributed by atoms with Gasteiger partial charge in [0.2, 0.25) is 0 Å². The minimum atomic E-state index is -5.04. The SMILES string of the molecule is CCCCCCCCCCCCC1(C(=O)[O-])CC(C)C1(CCCCCCCCCCCC)C(=O)OS(=O)(=O)O.O=C(O)CCC(=O)O.OCCO.[Na+]. The molecule has 0 radical (unpaired) electrons. The molecule has 0 amide bonds. The Kier molecular flexibility index (Phi) is 35.0. The van der Waals surface area contributed by atoms with Crippen molar-refractivity contribution in [3.8, 4) is 0 Å². The summed E-state index contributed by atoms with van der Waals surface area (Å²) >= 11 is 0. The fourth-order valence-corrected chi connectivity index (χ4v) is 7.43. The Hall–Kier alpha value is -1.29. The van der Waals surface area contributed by atoms with Crippen LogP contribution in [0.3, 0.4) is 0 Å². The largest absolute Gasteiger partial charge is 1.00 e. The van der Waals surface area contributed by atoms with Gasteiger partial charge in [0.25, 0.3) is 0 Å². The van der Waals surface area contributed by atoms with Crippen LogP contribution in [0, 0.1) is 16.7 Å². The van der Waals surface area contributed by atoms with E-state index in [1.807, 2.05) is 0 Å². The molecule has 0 heterocycles. The number of carbonyl (C=O) groups is 4. The van der Waals surface area contributed by atoms with Gasteiger partial charge in [-0.3, -0.25) is 18.9 Å². The Morgan fingerprint density at radius 3 is 1.25 bits per heavy atom. The smallest absolute Gasteiger partial charge is 0.550 e. The number of hydrogen-bond donors (Lipinski definition) is 5. The van der Waals surface area contributed by atoms with Crippen LogP contribution in [-0.2, 0) is 33.8 Å². The molecule has 1 rings (SSSR count). The van der Waals surface area contributed by atoms with Gasteiger partial charge in [-0.05, 0) is 25.2 Å². The number of aliphatic hydroxyl groups excluding tert-OH is 2. The van der Waals surface area contributed by atoms with E-state index in [0.717, 1.165) is 44.9 Å². The topological polar surface area (TPSA) is 236 Å². The number of aliphatic hydroxyl groups is 2. The molecule has 15 heteroatoms. The summed E-state index contributed by atoms with van der Waals surface area (Å²) in [5, 5.41) is 43.6. The first-order valence-electron chi connectivity index (χ1n) is 19.2. The predicted octanol–water partition coefficient (Wildman–Crippen LogP) is 3.63. The first kappa shape index (κ1) is 55.1. The first-order valence-corrected chi connectivity index (χ1v) is 20.6. The third-order valence-electron chi connectivity index (χ3n) is 9.82. The summed E-state index contributed by atoms with van der Waals surface area (Å²) in [5.41, 5.74) is -2.96. The van der Waals surface area contributed by atoms with Crippen LogP contribution in [0.1, 0.15) is 181 Å². The van der Waals surface area contributed by atoms with E-state index in [1.165, 1.54) is 70.6 Å². The molecule has 1 saturated carbocycles. The fraction of sp³-hybridized carbons (Fsp3) is 0.892. The molecule has 52 heavy (non-hydrogen) atoms. The molecule has 0 aromatic carbocycles. The monoisotopic (exact) mass is 776 g/mol. The van der Waals surface area contributed by atoms with Gasteiger partial charge in [-0.2, -0.15) is 8.42 Å². The molecule has 0 aliphatic heterocycles. The van der Waals surface area contributed by atoms with E-state index in [9.17, 15) is 37.3 Å². The maximum absolute atomic E-state index is 13.2. The zero-order valence-electron chi connectivity index (χ0n) is 32.6. The fourth-order valence-electron chi connectivity index (χ4n) is 7.09. The summed E-state index contributed by atoms with van der Waals surface area (Å²) < 4.78 is 36.6. The van der Waals surface area contributed by atoms with Crippen molar-refractivity contribution in [2.24, 2.45) is 16.7 Å². The molecule has 0 aromatic rings. The molecule has 5 N–H and O–H groups in total. The van der Waals surface area contributed by atoms with Gasteiger partial charge in [-0.25, -0.2) is 0 Å². The minimum absolute atomic E-state index is 0. The van der Waals surface area contributed by atoms with E-state index in [0.29, 0.717) is 12.8 Å². The molecule has 0 bridgehead atoms. The second-order valence-electron chi connectivity index (χ2n) is 13.8. The van der Waals surface area contributed by atoms with Crippen LogP contribution in [0.25, 0.3) is 0 Å². The van der Waals surface area contributed by atoms with Crippen LogP contribution in [0.5, 0.6) is 0 Å². The van der Waals surface area contributed by atoms with Crippen molar-refractivity contribution in [1.82, 2.24) is 0 Å². The Balaban J connectivity index is -0.00000158. The zero-order valence-corrected chi connectivity index (χ0v) is 35.4. The first-order chi connectivity index (χ1) is 24.1. The number of hydrogen-bond acceptors (Lipinski definition) is 10. The van der Waals surface area contributed by atoms with Crippen molar-refractivity contribution < 1.29 is 91.4 Å². The van der Waals surface area contributed by atoms with Crippen LogP contribution >= 0.6 is 0 Å². The number of rotatable bonds is 29. The summed E-state index contributed by atoms with van der Waals surface area (Å²) in [6, 6.07) is 0. The van der Waals surface area contributed by atoms with Crippen molar-refractivity contribution >= 4 is 34.3 Å². The van der Waals surface area contributed by atoms with Gasteiger partial charge in [0.05, 0.1) is 31.5 Å². The molecule has 0 spiro atoms. The average molecular weight is 777 g/mol. The molecular formula is C37H69NaO13S. The molecular weight excluding hydrogens is 707 g/mol. The number of aliphatic carboxylic acids is 3. The third-order valence-corrected chi connectivity index (χ3v) is 10.2. The van der Waals surface area contributed by atoms with Gasteiger partial charge < -0.3 is 34.5 Å². The summed E-state index contributed by atoms with van der Waals surface area (Å²) in [7, 11) is -5.04. The van der Waals surface area contributed by atoms with Crippen molar-refractivity contribution in [2.75, 3.05) is 13.2 Å². The van der Waals surface area contributed by atoms with Crippen LogP contribution in [0.4, 0.5) is 0 Å². The molecule has 302 valence electrons. The second kappa shape index (κ2) is 33.1. The van der Waals surface area contributed by atoms with E-state index in [1.54, 1.807) is 6.92 Å². The Morgan fingerprint density at radius 2 is 0.981 bits per heavy atom. The van der Waals surface area contributed by atoms with Crippen molar-refractivity contribution in [3.63, 3.8) is 0 Å². The van der Waals surface area contributed by atoms with E-state index < -0.39 is 45.1 Å². The van der Waals surface area contributed by atoms with Crippen molar-refractivity contribution in [1.29, 1.82) is 0 Å². The quantitative estimate of drug-likeness (QED) is 0.0415. The third kappa shape index (κ3) is 24.2. The summed E-state index contributed by atoms with van der Waals surface area (Å²) in [5.74, 6) is -4.97. The average Bonchev–Trinajstić information content (AvgIpc) is 3.05. The zero-order chi connectivity index (χ0) is 39.2. The summed E-state index contributed by atoms with van der Waals surface area (Å²) in [6.45, 7) is 5.94. The number of unbranched alkanes of at least 4 members (excludes halogenated alkanes) is 18. The van der Waals surface area contributed by atoms with Gasteiger partial charge in [0.15, 0.2) is 0 Å². The molecule has 1 fully saturated rings. The van der Waals surface area contributed by atoms with Crippen molar-refractivity contribution in [3.05, 3.63) is 0 Å².